The Balaban J connectivity index is 2.41. The number of nitrogens with two attached hydrogens (primary N) is 1. The summed E-state index contributed by atoms with van der Waals surface area (Å²) in [6, 6.07) is 6.08. The van der Waals surface area contributed by atoms with Gasteiger partial charge >= 0.3 is 11.6 Å². The number of nitro groups is 1. The summed E-state index contributed by atoms with van der Waals surface area (Å²) in [4.78, 5) is 10.2. The summed E-state index contributed by atoms with van der Waals surface area (Å²) in [6.07, 6.45) is -0.134. The van der Waals surface area contributed by atoms with Gasteiger partial charge in [-0.25, -0.2) is 0 Å². The van der Waals surface area contributed by atoms with Crippen molar-refractivity contribution < 1.29 is 23.2 Å². The molecule has 0 bridgehead atoms. The van der Waals surface area contributed by atoms with Crippen LogP contribution in [0.15, 0.2) is 24.3 Å². The lowest BCUT2D eigenvalue weighted by atomic mass is 9.89. The summed E-state index contributed by atoms with van der Waals surface area (Å²) in [5.74, 6) is -4.03. The van der Waals surface area contributed by atoms with Crippen molar-refractivity contribution in [2.45, 2.75) is 24.1 Å². The zero-order valence-corrected chi connectivity index (χ0v) is 11.4. The molecular formula is C13H13F2N3O4. The largest absolute Gasteiger partial charge is 0.444 e. The minimum Gasteiger partial charge on any atom is -0.422 e. The van der Waals surface area contributed by atoms with E-state index in [2.05, 4.69) is 4.74 Å². The summed E-state index contributed by atoms with van der Waals surface area (Å²) in [6.45, 7) is -1.95. The van der Waals surface area contributed by atoms with Gasteiger partial charge in [-0.05, 0) is 11.6 Å². The van der Waals surface area contributed by atoms with Crippen molar-refractivity contribution in [3.8, 4) is 11.8 Å². The van der Waals surface area contributed by atoms with Crippen molar-refractivity contribution in [1.29, 1.82) is 5.26 Å². The first kappa shape index (κ1) is 16.1. The van der Waals surface area contributed by atoms with Crippen LogP contribution in [-0.2, 0) is 11.2 Å². The average Bonchev–Trinajstić information content (AvgIpc) is 2.46. The molecule has 0 aliphatic carbocycles. The first-order chi connectivity index (χ1) is 10.3. The molecule has 2 atom stereocenters. The van der Waals surface area contributed by atoms with Crippen molar-refractivity contribution >= 4 is 0 Å². The molecule has 1 aromatic carbocycles. The van der Waals surface area contributed by atoms with Gasteiger partial charge in [0, 0.05) is 6.42 Å². The Kier molecular flexibility index (Phi) is 4.25. The van der Waals surface area contributed by atoms with Crippen LogP contribution in [0.1, 0.15) is 5.56 Å². The summed E-state index contributed by atoms with van der Waals surface area (Å²) in [5, 5.41) is 19.7. The molecule has 1 heterocycles. The van der Waals surface area contributed by atoms with Gasteiger partial charge in [0.15, 0.2) is 0 Å². The van der Waals surface area contributed by atoms with Crippen LogP contribution in [0.25, 0.3) is 0 Å². The van der Waals surface area contributed by atoms with E-state index in [0.717, 1.165) is 0 Å². The molecule has 2 N–H and O–H groups in total. The predicted molar refractivity (Wildman–Crippen MR) is 69.9 cm³/mol. The summed E-state index contributed by atoms with van der Waals surface area (Å²) in [7, 11) is 0. The lowest BCUT2D eigenvalue weighted by Gasteiger charge is -2.39. The van der Waals surface area contributed by atoms with E-state index >= 15 is 0 Å². The summed E-state index contributed by atoms with van der Waals surface area (Å²) < 4.78 is 38.3. The zero-order chi connectivity index (χ0) is 16.4. The highest BCUT2D eigenvalue weighted by atomic mass is 19.3. The quantitative estimate of drug-likeness (QED) is 0.495. The monoisotopic (exact) mass is 313 g/mol. The van der Waals surface area contributed by atoms with E-state index in [1.165, 1.54) is 18.2 Å². The van der Waals surface area contributed by atoms with E-state index in [9.17, 15) is 18.9 Å². The highest BCUT2D eigenvalue weighted by Crippen LogP contribution is 2.42. The van der Waals surface area contributed by atoms with Gasteiger partial charge in [0.1, 0.15) is 25.0 Å². The topological polar surface area (TPSA) is 111 Å². The van der Waals surface area contributed by atoms with E-state index in [0.29, 0.717) is 5.56 Å². The van der Waals surface area contributed by atoms with Crippen molar-refractivity contribution in [1.82, 2.24) is 0 Å². The van der Waals surface area contributed by atoms with Crippen LogP contribution >= 0.6 is 0 Å². The number of nitrogens with zero attached hydrogens (tertiary/aromatic N) is 2. The fraction of sp³-hybridized carbons (Fsp3) is 0.462. The number of benzene rings is 1. The Morgan fingerprint density at radius 2 is 2.27 bits per heavy atom. The number of ether oxygens (including phenoxy) is 2. The Labute approximate surface area is 124 Å². The molecule has 0 saturated carbocycles. The number of hydrogen-bond donors (Lipinski definition) is 1. The van der Waals surface area contributed by atoms with Gasteiger partial charge in [-0.2, -0.15) is 14.0 Å². The third-order valence-electron chi connectivity index (χ3n) is 3.43. The van der Waals surface area contributed by atoms with Gasteiger partial charge < -0.3 is 15.2 Å². The normalized spacial score (nSPS) is 24.0. The van der Waals surface area contributed by atoms with Crippen molar-refractivity contribution in [3.63, 3.8) is 0 Å². The summed E-state index contributed by atoms with van der Waals surface area (Å²) >= 11 is 0. The third-order valence-corrected chi connectivity index (χ3v) is 3.43. The molecular weight excluding hydrogens is 300 g/mol. The molecule has 0 amide bonds. The molecule has 0 fully saturated rings. The first-order valence-electron chi connectivity index (χ1n) is 6.34. The zero-order valence-electron chi connectivity index (χ0n) is 11.4. The summed E-state index contributed by atoms with van der Waals surface area (Å²) in [5.41, 5.74) is 3.03. The first-order valence-corrected chi connectivity index (χ1v) is 6.34. The molecule has 2 rings (SSSR count). The van der Waals surface area contributed by atoms with Gasteiger partial charge in [0.25, 0.3) is 0 Å². The second-order valence-corrected chi connectivity index (χ2v) is 4.83. The number of halogens is 2. The number of para-hydroxylation sites is 1. The van der Waals surface area contributed by atoms with Gasteiger partial charge in [-0.1, -0.05) is 18.2 Å². The van der Waals surface area contributed by atoms with E-state index < -0.39 is 35.8 Å². The highest BCUT2D eigenvalue weighted by molar-refractivity contribution is 5.37. The Bertz CT molecular complexity index is 620. The number of nitriles is 1. The molecule has 1 aromatic rings. The molecule has 9 heteroatoms. The lowest BCUT2D eigenvalue weighted by Crippen LogP contribution is -2.71. The number of alkyl halides is 2. The number of rotatable bonds is 5. The average molecular weight is 313 g/mol. The molecule has 22 heavy (non-hydrogen) atoms. The number of hydrogen-bond acceptors (Lipinski definition) is 6. The third kappa shape index (κ3) is 2.47. The minimum atomic E-state index is -4.01. The van der Waals surface area contributed by atoms with Crippen LogP contribution < -0.4 is 10.5 Å². The van der Waals surface area contributed by atoms with E-state index in [4.69, 9.17) is 15.7 Å². The Morgan fingerprint density at radius 3 is 2.91 bits per heavy atom. The van der Waals surface area contributed by atoms with Crippen molar-refractivity contribution in [2.75, 3.05) is 13.2 Å². The van der Waals surface area contributed by atoms with Gasteiger partial charge in [-0.3, -0.25) is 10.1 Å². The second-order valence-electron chi connectivity index (χ2n) is 4.83. The molecule has 118 valence electrons. The fourth-order valence-electron chi connectivity index (χ4n) is 2.37. The van der Waals surface area contributed by atoms with Crippen LogP contribution in [-0.4, -0.2) is 35.8 Å². The standard InChI is InChI=1S/C13H13F2N3O4/c14-12(15,8-21-6-5-16)13(18(19)20)11(17)7-9-3-1-2-4-10(9)22-13/h1-4,11H,6-8,17H2/t11?,13-/m1/s1. The van der Waals surface area contributed by atoms with E-state index in [-0.39, 0.29) is 12.2 Å². The maximum atomic E-state index is 14.4. The molecule has 1 aliphatic rings. The Hall–Kier alpha value is -2.31. The van der Waals surface area contributed by atoms with Gasteiger partial charge in [0.05, 0.1) is 11.0 Å². The van der Waals surface area contributed by atoms with Crippen molar-refractivity contribution in [3.05, 3.63) is 39.9 Å². The van der Waals surface area contributed by atoms with E-state index in [1.54, 1.807) is 12.1 Å². The van der Waals surface area contributed by atoms with Crippen LogP contribution in [0, 0.1) is 21.4 Å². The highest BCUT2D eigenvalue weighted by Gasteiger charge is 2.72. The number of fused-ring (bicyclic) bond motifs is 1. The SMILES string of the molecule is N#CCOCC(F)(F)[C@]1([N+](=O)[O-])Oc2ccccc2CC1N. The Morgan fingerprint density at radius 1 is 1.59 bits per heavy atom. The van der Waals surface area contributed by atoms with Crippen molar-refractivity contribution in [2.24, 2.45) is 5.73 Å². The molecule has 0 radical (unpaired) electrons. The maximum absolute atomic E-state index is 14.4. The predicted octanol–water partition coefficient (Wildman–Crippen LogP) is 1.10. The van der Waals surface area contributed by atoms with Gasteiger partial charge in [0.2, 0.25) is 0 Å². The lowest BCUT2D eigenvalue weighted by molar-refractivity contribution is -0.653. The van der Waals surface area contributed by atoms with Crippen LogP contribution in [0.2, 0.25) is 0 Å². The fourth-order valence-corrected chi connectivity index (χ4v) is 2.37. The van der Waals surface area contributed by atoms with Crippen LogP contribution in [0.4, 0.5) is 8.78 Å². The van der Waals surface area contributed by atoms with Crippen LogP contribution in [0.5, 0.6) is 5.75 Å². The minimum absolute atomic E-state index is 0.0131. The maximum Gasteiger partial charge on any atom is 0.444 e. The van der Waals surface area contributed by atoms with Crippen LogP contribution in [0.3, 0.4) is 0 Å². The molecule has 7 nitrogen and oxygen atoms in total. The van der Waals surface area contributed by atoms with Gasteiger partial charge in [-0.15, -0.1) is 0 Å². The molecule has 1 unspecified atom stereocenters. The second kappa shape index (κ2) is 5.82. The molecule has 0 saturated heterocycles. The van der Waals surface area contributed by atoms with E-state index in [1.807, 2.05) is 0 Å². The molecule has 0 aromatic heterocycles. The smallest absolute Gasteiger partial charge is 0.422 e. The molecule has 1 aliphatic heterocycles. The molecule has 0 spiro atoms.